The molecule has 0 bridgehead atoms. The van der Waals surface area contributed by atoms with E-state index in [0.29, 0.717) is 13.1 Å². The fourth-order valence-electron chi connectivity index (χ4n) is 2.47. The lowest BCUT2D eigenvalue weighted by molar-refractivity contribution is -0.131. The molecular formula is C20H25N3O2. The van der Waals surface area contributed by atoms with E-state index >= 15 is 0 Å². The predicted molar refractivity (Wildman–Crippen MR) is 98.9 cm³/mol. The van der Waals surface area contributed by atoms with Crippen molar-refractivity contribution >= 4 is 11.9 Å². The molecule has 0 aliphatic heterocycles. The van der Waals surface area contributed by atoms with E-state index in [-0.39, 0.29) is 24.4 Å². The highest BCUT2D eigenvalue weighted by Crippen LogP contribution is 2.18. The number of nitrogens with zero attached hydrogens (tertiary/aromatic N) is 1. The summed E-state index contributed by atoms with van der Waals surface area (Å²) in [6.07, 6.45) is 0.270. The zero-order valence-corrected chi connectivity index (χ0v) is 14.7. The third kappa shape index (κ3) is 5.95. The van der Waals surface area contributed by atoms with Crippen LogP contribution < -0.4 is 10.6 Å². The van der Waals surface area contributed by atoms with Gasteiger partial charge < -0.3 is 15.5 Å². The highest BCUT2D eigenvalue weighted by Gasteiger charge is 2.16. The maximum absolute atomic E-state index is 12.3. The van der Waals surface area contributed by atoms with Crippen LogP contribution >= 0.6 is 0 Å². The van der Waals surface area contributed by atoms with Crippen LogP contribution in [0.2, 0.25) is 0 Å². The van der Waals surface area contributed by atoms with Gasteiger partial charge in [0.15, 0.2) is 0 Å². The van der Waals surface area contributed by atoms with Crippen molar-refractivity contribution in [2.45, 2.75) is 25.9 Å². The Labute approximate surface area is 149 Å². The topological polar surface area (TPSA) is 61.4 Å². The van der Waals surface area contributed by atoms with Gasteiger partial charge in [-0.05, 0) is 18.1 Å². The molecule has 0 aliphatic rings. The van der Waals surface area contributed by atoms with E-state index in [0.717, 1.165) is 11.1 Å². The summed E-state index contributed by atoms with van der Waals surface area (Å²) in [5.74, 6) is -0.000266. The van der Waals surface area contributed by atoms with Crippen molar-refractivity contribution in [3.05, 3.63) is 71.8 Å². The Bertz CT molecular complexity index is 674. The van der Waals surface area contributed by atoms with Crippen LogP contribution in [0.1, 0.15) is 30.5 Å². The minimum absolute atomic E-state index is 0.000266. The third-order valence-electron chi connectivity index (χ3n) is 4.18. The number of hydrogen-bond acceptors (Lipinski definition) is 2. The standard InChI is InChI=1S/C20H25N3O2/c1-16(18-11-7-4-8-12-18)23(2)19(24)13-14-21-20(25)22-15-17-9-5-3-6-10-17/h3-12,16H,13-15H2,1-2H3,(H2,21,22,25). The van der Waals surface area contributed by atoms with Crippen LogP contribution in [0.3, 0.4) is 0 Å². The van der Waals surface area contributed by atoms with Crippen molar-refractivity contribution in [3.63, 3.8) is 0 Å². The summed E-state index contributed by atoms with van der Waals surface area (Å²) in [5, 5.41) is 5.50. The Morgan fingerprint density at radius 2 is 1.56 bits per heavy atom. The Morgan fingerprint density at radius 1 is 0.960 bits per heavy atom. The Hall–Kier alpha value is -2.82. The average molecular weight is 339 g/mol. The summed E-state index contributed by atoms with van der Waals surface area (Å²) in [4.78, 5) is 25.8. The lowest BCUT2D eigenvalue weighted by Crippen LogP contribution is -2.38. The molecule has 25 heavy (non-hydrogen) atoms. The van der Waals surface area contributed by atoms with E-state index in [1.54, 1.807) is 11.9 Å². The highest BCUT2D eigenvalue weighted by molar-refractivity contribution is 5.78. The Morgan fingerprint density at radius 3 is 2.20 bits per heavy atom. The van der Waals surface area contributed by atoms with Crippen LogP contribution in [0, 0.1) is 0 Å². The van der Waals surface area contributed by atoms with Crippen molar-refractivity contribution in [3.8, 4) is 0 Å². The van der Waals surface area contributed by atoms with E-state index in [1.165, 1.54) is 0 Å². The van der Waals surface area contributed by atoms with Gasteiger partial charge in [-0.1, -0.05) is 60.7 Å². The maximum Gasteiger partial charge on any atom is 0.315 e. The fourth-order valence-corrected chi connectivity index (χ4v) is 2.47. The molecular weight excluding hydrogens is 314 g/mol. The number of benzene rings is 2. The number of nitrogens with one attached hydrogen (secondary N) is 2. The second-order valence-electron chi connectivity index (χ2n) is 5.94. The van der Waals surface area contributed by atoms with E-state index in [4.69, 9.17) is 0 Å². The number of rotatable bonds is 7. The van der Waals surface area contributed by atoms with Crippen LogP contribution in [-0.4, -0.2) is 30.4 Å². The van der Waals surface area contributed by atoms with Gasteiger partial charge in [0.05, 0.1) is 6.04 Å². The first kappa shape index (κ1) is 18.5. The van der Waals surface area contributed by atoms with Crippen molar-refractivity contribution < 1.29 is 9.59 Å². The predicted octanol–water partition coefficient (Wildman–Crippen LogP) is 3.10. The molecule has 2 rings (SSSR count). The van der Waals surface area contributed by atoms with Crippen molar-refractivity contribution in [2.24, 2.45) is 0 Å². The van der Waals surface area contributed by atoms with Gasteiger partial charge in [0.1, 0.15) is 0 Å². The number of urea groups is 1. The molecule has 2 aromatic carbocycles. The fraction of sp³-hybridized carbons (Fsp3) is 0.300. The minimum Gasteiger partial charge on any atom is -0.339 e. The molecule has 2 N–H and O–H groups in total. The van der Waals surface area contributed by atoms with Crippen LogP contribution in [-0.2, 0) is 11.3 Å². The molecule has 5 nitrogen and oxygen atoms in total. The lowest BCUT2D eigenvalue weighted by Gasteiger charge is -2.25. The number of carbonyl (C=O) groups is 2. The quantitative estimate of drug-likeness (QED) is 0.814. The first-order valence-corrected chi connectivity index (χ1v) is 8.44. The molecule has 0 aliphatic carbocycles. The summed E-state index contributed by atoms with van der Waals surface area (Å²) in [6, 6.07) is 19.3. The van der Waals surface area contributed by atoms with Gasteiger partial charge in [-0.3, -0.25) is 4.79 Å². The van der Waals surface area contributed by atoms with Gasteiger partial charge in [0, 0.05) is 26.6 Å². The molecule has 0 spiro atoms. The number of carbonyl (C=O) groups excluding carboxylic acids is 2. The molecule has 1 unspecified atom stereocenters. The first-order valence-electron chi connectivity index (χ1n) is 8.44. The van der Waals surface area contributed by atoms with Gasteiger partial charge in [-0.2, -0.15) is 0 Å². The molecule has 0 saturated heterocycles. The Kier molecular flexibility index (Phi) is 7.01. The van der Waals surface area contributed by atoms with Crippen LogP contribution in [0.25, 0.3) is 0 Å². The van der Waals surface area contributed by atoms with Gasteiger partial charge >= 0.3 is 6.03 Å². The number of hydrogen-bond donors (Lipinski definition) is 2. The molecule has 0 saturated carbocycles. The minimum atomic E-state index is -0.268. The van der Waals surface area contributed by atoms with E-state index < -0.39 is 0 Å². The Balaban J connectivity index is 1.69. The average Bonchev–Trinajstić information content (AvgIpc) is 2.66. The highest BCUT2D eigenvalue weighted by atomic mass is 16.2. The summed E-state index contributed by atoms with van der Waals surface area (Å²) in [5.41, 5.74) is 2.12. The van der Waals surface area contributed by atoms with E-state index in [1.807, 2.05) is 67.6 Å². The maximum atomic E-state index is 12.3. The molecule has 1 atom stereocenters. The molecule has 0 fully saturated rings. The van der Waals surface area contributed by atoms with Crippen molar-refractivity contribution in [1.82, 2.24) is 15.5 Å². The summed E-state index contributed by atoms with van der Waals surface area (Å²) < 4.78 is 0. The van der Waals surface area contributed by atoms with Crippen LogP contribution in [0.15, 0.2) is 60.7 Å². The summed E-state index contributed by atoms with van der Waals surface area (Å²) in [6.45, 7) is 2.77. The summed E-state index contributed by atoms with van der Waals surface area (Å²) >= 11 is 0. The SMILES string of the molecule is CC(c1ccccc1)N(C)C(=O)CCNC(=O)NCc1ccccc1. The first-order chi connectivity index (χ1) is 12.1. The van der Waals surface area contributed by atoms with Gasteiger partial charge in [0.25, 0.3) is 0 Å². The molecule has 2 aromatic rings. The summed E-state index contributed by atoms with van der Waals surface area (Å²) in [7, 11) is 1.79. The third-order valence-corrected chi connectivity index (χ3v) is 4.18. The van der Waals surface area contributed by atoms with Crippen molar-refractivity contribution in [2.75, 3.05) is 13.6 Å². The zero-order chi connectivity index (χ0) is 18.1. The van der Waals surface area contributed by atoms with Crippen molar-refractivity contribution in [1.29, 1.82) is 0 Å². The van der Waals surface area contributed by atoms with E-state index in [9.17, 15) is 9.59 Å². The van der Waals surface area contributed by atoms with Gasteiger partial charge in [-0.15, -0.1) is 0 Å². The molecule has 5 heteroatoms. The second-order valence-corrected chi connectivity index (χ2v) is 5.94. The van der Waals surface area contributed by atoms with Crippen LogP contribution in [0.5, 0.6) is 0 Å². The largest absolute Gasteiger partial charge is 0.339 e. The molecule has 3 amide bonds. The van der Waals surface area contributed by atoms with Gasteiger partial charge in [0.2, 0.25) is 5.91 Å². The zero-order valence-electron chi connectivity index (χ0n) is 14.7. The number of amides is 3. The second kappa shape index (κ2) is 9.47. The van der Waals surface area contributed by atoms with E-state index in [2.05, 4.69) is 10.6 Å². The van der Waals surface area contributed by atoms with Gasteiger partial charge in [-0.25, -0.2) is 4.79 Å². The normalized spacial score (nSPS) is 11.4. The molecule has 0 heterocycles. The van der Waals surface area contributed by atoms with Crippen LogP contribution in [0.4, 0.5) is 4.79 Å². The molecule has 0 radical (unpaired) electrons. The molecule has 0 aromatic heterocycles. The lowest BCUT2D eigenvalue weighted by atomic mass is 10.1. The molecule has 132 valence electrons. The monoisotopic (exact) mass is 339 g/mol. The smallest absolute Gasteiger partial charge is 0.315 e.